The van der Waals surface area contributed by atoms with E-state index in [0.29, 0.717) is 18.9 Å². The molecule has 1 aliphatic heterocycles. The third kappa shape index (κ3) is 4.33. The topological polar surface area (TPSA) is 88.8 Å². The Kier molecular flexibility index (Phi) is 5.26. The van der Waals surface area contributed by atoms with Gasteiger partial charge in [-0.25, -0.2) is 9.78 Å². The van der Waals surface area contributed by atoms with Crippen LogP contribution in [0.5, 0.6) is 0 Å². The minimum absolute atomic E-state index is 0.0330. The normalized spacial score (nSPS) is 18.2. The van der Waals surface area contributed by atoms with Crippen LogP contribution in [-0.4, -0.2) is 52.7 Å². The van der Waals surface area contributed by atoms with E-state index in [4.69, 9.17) is 4.74 Å². The van der Waals surface area contributed by atoms with Gasteiger partial charge < -0.3 is 14.5 Å². The number of aromatic nitrogens is 1. The minimum atomic E-state index is -0.546. The Morgan fingerprint density at radius 3 is 2.83 bits per heavy atom. The number of anilines is 1. The zero-order chi connectivity index (χ0) is 17.9. The maximum absolute atomic E-state index is 12.3. The van der Waals surface area contributed by atoms with Crippen molar-refractivity contribution in [2.75, 3.05) is 25.0 Å². The van der Waals surface area contributed by atoms with Gasteiger partial charge in [0.2, 0.25) is 5.82 Å². The van der Waals surface area contributed by atoms with Gasteiger partial charge >= 0.3 is 11.8 Å². The van der Waals surface area contributed by atoms with E-state index in [1.54, 1.807) is 22.9 Å². The second kappa shape index (κ2) is 7.02. The first kappa shape index (κ1) is 18.0. The van der Waals surface area contributed by atoms with Crippen molar-refractivity contribution in [1.29, 1.82) is 0 Å². The Balaban J connectivity index is 2.12. The highest BCUT2D eigenvalue weighted by Gasteiger charge is 2.31. The predicted molar refractivity (Wildman–Crippen MR) is 90.1 cm³/mol. The molecule has 1 saturated heterocycles. The van der Waals surface area contributed by atoms with Crippen LogP contribution in [0.15, 0.2) is 18.3 Å². The van der Waals surface area contributed by atoms with E-state index in [1.165, 1.54) is 12.3 Å². The van der Waals surface area contributed by atoms with Crippen molar-refractivity contribution in [3.8, 4) is 0 Å². The number of rotatable bonds is 3. The smallest absolute Gasteiger partial charge is 0.410 e. The molecule has 0 N–H and O–H groups in total. The van der Waals surface area contributed by atoms with Gasteiger partial charge in [0, 0.05) is 38.4 Å². The Morgan fingerprint density at radius 2 is 2.21 bits per heavy atom. The summed E-state index contributed by atoms with van der Waals surface area (Å²) in [4.78, 5) is 30.6. The zero-order valence-electron chi connectivity index (χ0n) is 14.6. The number of hydrogen-bond acceptors (Lipinski definition) is 6. The minimum Gasteiger partial charge on any atom is -0.444 e. The molecule has 0 saturated carbocycles. The van der Waals surface area contributed by atoms with Gasteiger partial charge in [0.1, 0.15) is 5.60 Å². The lowest BCUT2D eigenvalue weighted by Crippen LogP contribution is -2.50. The zero-order valence-corrected chi connectivity index (χ0v) is 14.6. The van der Waals surface area contributed by atoms with Crippen LogP contribution < -0.4 is 4.90 Å². The molecule has 2 heterocycles. The van der Waals surface area contributed by atoms with Crippen LogP contribution in [0.4, 0.5) is 16.3 Å². The number of likely N-dealkylation sites (tertiary alicyclic amines) is 1. The summed E-state index contributed by atoms with van der Waals surface area (Å²) in [5.41, 5.74) is -0.579. The Hall–Kier alpha value is -2.38. The summed E-state index contributed by atoms with van der Waals surface area (Å²) in [5.74, 6) is 0.318. The maximum atomic E-state index is 12.3. The van der Waals surface area contributed by atoms with Gasteiger partial charge in [-0.1, -0.05) is 0 Å². The monoisotopic (exact) mass is 336 g/mol. The molecular formula is C16H24N4O4. The van der Waals surface area contributed by atoms with Crippen molar-refractivity contribution >= 4 is 17.6 Å². The molecular weight excluding hydrogens is 312 g/mol. The molecule has 0 aliphatic carbocycles. The standard InChI is InChI=1S/C16H24N4O4/c1-16(2,3)24-15(21)19-10-6-7-12(11-19)18(4)14-13(20(22)23)8-5-9-17-14/h5,8-9,12H,6-7,10-11H2,1-4H3/t12-/m0/s1. The largest absolute Gasteiger partial charge is 0.444 e. The number of nitro groups is 1. The average Bonchev–Trinajstić information content (AvgIpc) is 2.52. The highest BCUT2D eigenvalue weighted by Crippen LogP contribution is 2.28. The number of likely N-dealkylation sites (N-methyl/N-ethyl adjacent to an activating group) is 1. The average molecular weight is 336 g/mol. The first-order valence-corrected chi connectivity index (χ1v) is 7.99. The summed E-state index contributed by atoms with van der Waals surface area (Å²) >= 11 is 0. The molecule has 1 fully saturated rings. The van der Waals surface area contributed by atoms with Crippen LogP contribution >= 0.6 is 0 Å². The van der Waals surface area contributed by atoms with Crippen LogP contribution in [0.1, 0.15) is 33.6 Å². The van der Waals surface area contributed by atoms with Crippen molar-refractivity contribution in [2.45, 2.75) is 45.3 Å². The molecule has 0 bridgehead atoms. The molecule has 1 amide bonds. The molecule has 8 heteroatoms. The van der Waals surface area contributed by atoms with Gasteiger partial charge in [-0.2, -0.15) is 0 Å². The number of ether oxygens (including phenoxy) is 1. The lowest BCUT2D eigenvalue weighted by molar-refractivity contribution is -0.384. The van der Waals surface area contributed by atoms with E-state index in [2.05, 4.69) is 4.98 Å². The number of carbonyl (C=O) groups excluding carboxylic acids is 1. The molecule has 1 aromatic rings. The molecule has 1 atom stereocenters. The molecule has 132 valence electrons. The first-order valence-electron chi connectivity index (χ1n) is 7.99. The SMILES string of the molecule is CN(c1ncccc1[N+](=O)[O-])[C@H]1CCCN(C(=O)OC(C)(C)C)C1. The molecule has 1 aliphatic rings. The fourth-order valence-electron chi connectivity index (χ4n) is 2.74. The van der Waals surface area contributed by atoms with E-state index < -0.39 is 10.5 Å². The Morgan fingerprint density at radius 1 is 1.50 bits per heavy atom. The van der Waals surface area contributed by atoms with Gasteiger partial charge in [-0.05, 0) is 39.7 Å². The van der Waals surface area contributed by atoms with Gasteiger partial charge in [-0.3, -0.25) is 10.1 Å². The third-order valence-electron chi connectivity index (χ3n) is 3.89. The fourth-order valence-corrected chi connectivity index (χ4v) is 2.74. The van der Waals surface area contributed by atoms with Gasteiger partial charge in [0.05, 0.1) is 4.92 Å². The second-order valence-electron chi connectivity index (χ2n) is 6.94. The summed E-state index contributed by atoms with van der Waals surface area (Å²) in [6, 6.07) is 2.94. The summed E-state index contributed by atoms with van der Waals surface area (Å²) in [7, 11) is 1.78. The molecule has 8 nitrogen and oxygen atoms in total. The second-order valence-corrected chi connectivity index (χ2v) is 6.94. The molecule has 0 aromatic carbocycles. The van der Waals surface area contributed by atoms with Crippen molar-refractivity contribution in [3.05, 3.63) is 28.4 Å². The van der Waals surface area contributed by atoms with Crippen molar-refractivity contribution < 1.29 is 14.5 Å². The lowest BCUT2D eigenvalue weighted by atomic mass is 10.0. The number of amides is 1. The van der Waals surface area contributed by atoms with Crippen molar-refractivity contribution in [2.24, 2.45) is 0 Å². The van der Waals surface area contributed by atoms with Crippen LogP contribution in [0.2, 0.25) is 0 Å². The number of carbonyl (C=O) groups is 1. The van der Waals surface area contributed by atoms with Gasteiger partial charge in [0.15, 0.2) is 0 Å². The highest BCUT2D eigenvalue weighted by atomic mass is 16.6. The van der Waals surface area contributed by atoms with Gasteiger partial charge in [0.25, 0.3) is 0 Å². The molecule has 2 rings (SSSR count). The lowest BCUT2D eigenvalue weighted by Gasteiger charge is -2.38. The summed E-state index contributed by atoms with van der Waals surface area (Å²) in [6.07, 6.45) is 2.84. The molecule has 24 heavy (non-hydrogen) atoms. The summed E-state index contributed by atoms with van der Waals surface area (Å²) in [6.45, 7) is 6.57. The van der Waals surface area contributed by atoms with E-state index in [1.807, 2.05) is 20.8 Å². The molecule has 0 radical (unpaired) electrons. The predicted octanol–water partition coefficient (Wildman–Crippen LogP) is 2.83. The number of nitrogens with zero attached hydrogens (tertiary/aromatic N) is 4. The molecule has 1 aromatic heterocycles. The first-order chi connectivity index (χ1) is 11.2. The molecule has 0 unspecified atom stereocenters. The third-order valence-corrected chi connectivity index (χ3v) is 3.89. The highest BCUT2D eigenvalue weighted by molar-refractivity contribution is 5.68. The number of pyridine rings is 1. The van der Waals surface area contributed by atoms with Crippen LogP contribution in [-0.2, 0) is 4.74 Å². The van der Waals surface area contributed by atoms with E-state index in [-0.39, 0.29) is 17.8 Å². The van der Waals surface area contributed by atoms with Crippen LogP contribution in [0.25, 0.3) is 0 Å². The summed E-state index contributed by atoms with van der Waals surface area (Å²) < 4.78 is 5.42. The summed E-state index contributed by atoms with van der Waals surface area (Å²) in [5, 5.41) is 11.2. The number of hydrogen-bond donors (Lipinski definition) is 0. The van der Waals surface area contributed by atoms with E-state index in [9.17, 15) is 14.9 Å². The Bertz CT molecular complexity index is 614. The fraction of sp³-hybridized carbons (Fsp3) is 0.625. The van der Waals surface area contributed by atoms with E-state index >= 15 is 0 Å². The van der Waals surface area contributed by atoms with Crippen LogP contribution in [0, 0.1) is 10.1 Å². The number of piperidine rings is 1. The van der Waals surface area contributed by atoms with Crippen molar-refractivity contribution in [1.82, 2.24) is 9.88 Å². The van der Waals surface area contributed by atoms with Gasteiger partial charge in [-0.15, -0.1) is 0 Å². The van der Waals surface area contributed by atoms with E-state index in [0.717, 1.165) is 12.8 Å². The molecule has 0 spiro atoms. The van der Waals surface area contributed by atoms with Crippen molar-refractivity contribution in [3.63, 3.8) is 0 Å². The maximum Gasteiger partial charge on any atom is 0.410 e. The Labute approximate surface area is 141 Å². The van der Waals surface area contributed by atoms with Crippen LogP contribution in [0.3, 0.4) is 0 Å². The quantitative estimate of drug-likeness (QED) is 0.623.